The van der Waals surface area contributed by atoms with Crippen LogP contribution >= 0.6 is 0 Å². The van der Waals surface area contributed by atoms with Crippen molar-refractivity contribution in [2.24, 2.45) is 0 Å². The van der Waals surface area contributed by atoms with Gasteiger partial charge in [-0.25, -0.2) is 0 Å². The summed E-state index contributed by atoms with van der Waals surface area (Å²) in [4.78, 5) is 14.7. The smallest absolute Gasteiger partial charge is 0.408 e. The van der Waals surface area contributed by atoms with Crippen LogP contribution < -0.4 is 10.9 Å². The van der Waals surface area contributed by atoms with Crippen LogP contribution in [0.1, 0.15) is 6.42 Å². The van der Waals surface area contributed by atoms with Gasteiger partial charge in [-0.2, -0.15) is 18.2 Å². The highest BCUT2D eigenvalue weighted by atomic mass is 19.4. The molecule has 0 amide bonds. The van der Waals surface area contributed by atoms with Crippen molar-refractivity contribution in [1.82, 2.24) is 9.55 Å². The predicted molar refractivity (Wildman–Crippen MR) is 48.2 cm³/mol. The number of nitrogens with zero attached hydrogens (tertiary/aromatic N) is 2. The van der Waals surface area contributed by atoms with Gasteiger partial charge in [0.25, 0.3) is 5.56 Å². The maximum atomic E-state index is 12.4. The van der Waals surface area contributed by atoms with Crippen LogP contribution in [0.2, 0.25) is 0 Å². The topological polar surface area (TPSA) is 67.1 Å². The quantitative estimate of drug-likeness (QED) is 0.694. The third kappa shape index (κ3) is 1.82. The fourth-order valence-corrected chi connectivity index (χ4v) is 1.55. The van der Waals surface area contributed by atoms with Gasteiger partial charge >= 0.3 is 6.18 Å². The van der Waals surface area contributed by atoms with E-state index in [2.05, 4.69) is 10.3 Å². The van der Waals surface area contributed by atoms with Crippen molar-refractivity contribution in [1.29, 1.82) is 0 Å². The van der Waals surface area contributed by atoms with Crippen molar-refractivity contribution in [2.75, 3.05) is 5.32 Å². The molecule has 1 aliphatic heterocycles. The molecule has 0 saturated heterocycles. The Hall–Kier alpha value is -1.73. The standard InChI is InChI=1S/C8H8F3N3O2/c9-8(10,11)4-1-2-14-6(16)3-5(15)13-7(14)12-4/h3-4,15H,1-2H2,(H,12,13)/t4-/m0/s1. The van der Waals surface area contributed by atoms with E-state index in [1.807, 2.05) is 0 Å². The van der Waals surface area contributed by atoms with Gasteiger partial charge in [0.2, 0.25) is 11.8 Å². The Balaban J connectivity index is 2.37. The monoisotopic (exact) mass is 235 g/mol. The molecule has 2 heterocycles. The molecule has 0 spiro atoms. The fourth-order valence-electron chi connectivity index (χ4n) is 1.55. The highest BCUT2D eigenvalue weighted by molar-refractivity contribution is 5.33. The normalized spacial score (nSPS) is 20.1. The Morgan fingerprint density at radius 2 is 2.25 bits per heavy atom. The first-order valence-corrected chi connectivity index (χ1v) is 4.52. The minimum absolute atomic E-state index is 0.0708. The molecular weight excluding hydrogens is 227 g/mol. The van der Waals surface area contributed by atoms with E-state index in [9.17, 15) is 18.0 Å². The van der Waals surface area contributed by atoms with Crippen LogP contribution in [0.3, 0.4) is 0 Å². The van der Waals surface area contributed by atoms with Crippen molar-refractivity contribution in [3.8, 4) is 5.88 Å². The van der Waals surface area contributed by atoms with Crippen LogP contribution in [-0.4, -0.2) is 26.9 Å². The van der Waals surface area contributed by atoms with Crippen molar-refractivity contribution in [3.05, 3.63) is 16.4 Å². The second-order valence-electron chi connectivity index (χ2n) is 3.46. The average Bonchev–Trinajstić information content (AvgIpc) is 2.15. The summed E-state index contributed by atoms with van der Waals surface area (Å²) in [5, 5.41) is 11.1. The van der Waals surface area contributed by atoms with Gasteiger partial charge in [-0.05, 0) is 6.42 Å². The highest BCUT2D eigenvalue weighted by Gasteiger charge is 2.41. The number of alkyl halides is 3. The van der Waals surface area contributed by atoms with Gasteiger partial charge in [0, 0.05) is 6.54 Å². The van der Waals surface area contributed by atoms with Crippen molar-refractivity contribution in [2.45, 2.75) is 25.2 Å². The van der Waals surface area contributed by atoms with E-state index >= 15 is 0 Å². The third-order valence-electron chi connectivity index (χ3n) is 2.33. The van der Waals surface area contributed by atoms with E-state index in [4.69, 9.17) is 5.11 Å². The molecule has 1 aliphatic rings. The number of halogens is 3. The molecule has 16 heavy (non-hydrogen) atoms. The summed E-state index contributed by atoms with van der Waals surface area (Å²) in [7, 11) is 0. The Morgan fingerprint density at radius 1 is 1.56 bits per heavy atom. The van der Waals surface area contributed by atoms with E-state index in [0.717, 1.165) is 10.6 Å². The van der Waals surface area contributed by atoms with Crippen LogP contribution in [0.25, 0.3) is 0 Å². The Morgan fingerprint density at radius 3 is 2.88 bits per heavy atom. The predicted octanol–water partition coefficient (Wildman–Crippen LogP) is 0.695. The molecular formula is C8H8F3N3O2. The number of aromatic hydroxyl groups is 1. The lowest BCUT2D eigenvalue weighted by Crippen LogP contribution is -2.43. The molecule has 0 bridgehead atoms. The van der Waals surface area contributed by atoms with Crippen LogP contribution in [0.4, 0.5) is 19.1 Å². The zero-order valence-corrected chi connectivity index (χ0v) is 7.95. The Kier molecular flexibility index (Phi) is 2.28. The van der Waals surface area contributed by atoms with Gasteiger partial charge in [-0.3, -0.25) is 9.36 Å². The lowest BCUT2D eigenvalue weighted by Gasteiger charge is -2.28. The third-order valence-corrected chi connectivity index (χ3v) is 2.33. The van der Waals surface area contributed by atoms with E-state index in [-0.39, 0.29) is 18.9 Å². The minimum Gasteiger partial charge on any atom is -0.493 e. The van der Waals surface area contributed by atoms with E-state index in [0.29, 0.717) is 0 Å². The molecule has 8 heteroatoms. The largest absolute Gasteiger partial charge is 0.493 e. The summed E-state index contributed by atoms with van der Waals surface area (Å²) in [5.41, 5.74) is -0.573. The van der Waals surface area contributed by atoms with E-state index in [1.54, 1.807) is 0 Å². The Bertz CT molecular complexity index is 469. The summed E-state index contributed by atoms with van der Waals surface area (Å²) in [6, 6.07) is -0.875. The summed E-state index contributed by atoms with van der Waals surface area (Å²) in [5.74, 6) is -0.842. The van der Waals surface area contributed by atoms with Gasteiger partial charge in [-0.15, -0.1) is 0 Å². The molecule has 0 unspecified atom stereocenters. The Labute approximate surface area is 87.5 Å². The lowest BCUT2D eigenvalue weighted by molar-refractivity contribution is -0.145. The number of anilines is 1. The number of rotatable bonds is 0. The molecule has 5 nitrogen and oxygen atoms in total. The van der Waals surface area contributed by atoms with Crippen LogP contribution in [-0.2, 0) is 6.54 Å². The SMILES string of the molecule is O=c1cc(O)nc2n1CC[C@@H](C(F)(F)F)N2. The zero-order chi connectivity index (χ0) is 11.9. The van der Waals surface area contributed by atoms with Crippen molar-refractivity contribution in [3.63, 3.8) is 0 Å². The molecule has 0 radical (unpaired) electrons. The summed E-state index contributed by atoms with van der Waals surface area (Å²) < 4.78 is 38.2. The van der Waals surface area contributed by atoms with Gasteiger partial charge < -0.3 is 10.4 Å². The number of nitrogens with one attached hydrogen (secondary N) is 1. The molecule has 1 aromatic heterocycles. The van der Waals surface area contributed by atoms with E-state index < -0.39 is 23.7 Å². The molecule has 2 rings (SSSR count). The maximum Gasteiger partial charge on any atom is 0.408 e. The van der Waals surface area contributed by atoms with E-state index in [1.165, 1.54) is 0 Å². The second kappa shape index (κ2) is 3.39. The summed E-state index contributed by atoms with van der Waals surface area (Å²) >= 11 is 0. The number of hydrogen-bond donors (Lipinski definition) is 2. The zero-order valence-electron chi connectivity index (χ0n) is 7.95. The first-order valence-electron chi connectivity index (χ1n) is 4.52. The van der Waals surface area contributed by atoms with Crippen molar-refractivity contribution < 1.29 is 18.3 Å². The molecule has 0 aliphatic carbocycles. The van der Waals surface area contributed by atoms with Crippen LogP contribution in [0, 0.1) is 0 Å². The molecule has 0 aromatic carbocycles. The number of hydrogen-bond acceptors (Lipinski definition) is 4. The minimum atomic E-state index is -4.39. The van der Waals surface area contributed by atoms with Crippen molar-refractivity contribution >= 4 is 5.95 Å². The lowest BCUT2D eigenvalue weighted by atomic mass is 10.1. The maximum absolute atomic E-state index is 12.4. The van der Waals surface area contributed by atoms with Gasteiger partial charge in [0.05, 0.1) is 6.07 Å². The first-order chi connectivity index (χ1) is 7.38. The second-order valence-corrected chi connectivity index (χ2v) is 3.46. The highest BCUT2D eigenvalue weighted by Crippen LogP contribution is 2.28. The average molecular weight is 235 g/mol. The molecule has 2 N–H and O–H groups in total. The van der Waals surface area contributed by atoms with Gasteiger partial charge in [0.1, 0.15) is 6.04 Å². The van der Waals surface area contributed by atoms with Crippen LogP contribution in [0.5, 0.6) is 5.88 Å². The van der Waals surface area contributed by atoms with Gasteiger partial charge in [0.15, 0.2) is 0 Å². The molecule has 0 fully saturated rings. The number of aromatic nitrogens is 2. The number of fused-ring (bicyclic) bond motifs is 1. The van der Waals surface area contributed by atoms with Crippen LogP contribution in [0.15, 0.2) is 10.9 Å². The summed E-state index contributed by atoms with van der Waals surface area (Å²) in [6.07, 6.45) is -4.63. The molecule has 88 valence electrons. The van der Waals surface area contributed by atoms with Gasteiger partial charge in [-0.1, -0.05) is 0 Å². The summed E-state index contributed by atoms with van der Waals surface area (Å²) in [6.45, 7) is -0.0708. The molecule has 1 atom stereocenters. The molecule has 1 aromatic rings. The first kappa shape index (κ1) is 10.8. The molecule has 0 saturated carbocycles. The fraction of sp³-hybridized carbons (Fsp3) is 0.500.